The van der Waals surface area contributed by atoms with Crippen LogP contribution in [-0.2, 0) is 6.42 Å². The lowest BCUT2D eigenvalue weighted by Crippen LogP contribution is -2.38. The standard InChI is InChI=1S/C17H25NO3/c1-18-10-4-6-14(12-18)21-16-13(11-17(19)8-9-17)5-3-7-15(16)20-2/h3,5,7,14,19H,4,6,8-12H2,1-2H3. The number of ether oxygens (including phenoxy) is 2. The van der Waals surface area contributed by atoms with Crippen molar-refractivity contribution in [2.24, 2.45) is 0 Å². The maximum Gasteiger partial charge on any atom is 0.164 e. The number of nitrogens with zero attached hydrogens (tertiary/aromatic N) is 1. The fourth-order valence-corrected chi connectivity index (χ4v) is 3.05. The van der Waals surface area contributed by atoms with Gasteiger partial charge in [-0.1, -0.05) is 12.1 Å². The normalized spacial score (nSPS) is 24.6. The van der Waals surface area contributed by atoms with E-state index in [4.69, 9.17) is 9.47 Å². The van der Waals surface area contributed by atoms with E-state index in [0.29, 0.717) is 6.42 Å². The number of piperidine rings is 1. The SMILES string of the molecule is COc1cccc(CC2(O)CC2)c1OC1CCCN(C)C1. The molecule has 0 aromatic heterocycles. The Morgan fingerprint density at radius 2 is 2.19 bits per heavy atom. The summed E-state index contributed by atoms with van der Waals surface area (Å²) in [4.78, 5) is 2.30. The molecule has 1 aromatic rings. The Labute approximate surface area is 126 Å². The molecule has 4 nitrogen and oxygen atoms in total. The Hall–Kier alpha value is -1.26. The Bertz CT molecular complexity index is 499. The second-order valence-electron chi connectivity index (χ2n) is 6.49. The minimum absolute atomic E-state index is 0.202. The fourth-order valence-electron chi connectivity index (χ4n) is 3.05. The molecule has 21 heavy (non-hydrogen) atoms. The van der Waals surface area contributed by atoms with Crippen LogP contribution in [0.3, 0.4) is 0 Å². The molecular weight excluding hydrogens is 266 g/mol. The Kier molecular flexibility index (Phi) is 4.09. The number of para-hydroxylation sites is 1. The lowest BCUT2D eigenvalue weighted by molar-refractivity contribution is 0.0978. The van der Waals surface area contributed by atoms with Crippen molar-refractivity contribution in [3.63, 3.8) is 0 Å². The topological polar surface area (TPSA) is 41.9 Å². The largest absolute Gasteiger partial charge is 0.493 e. The van der Waals surface area contributed by atoms with Gasteiger partial charge in [0.15, 0.2) is 11.5 Å². The number of methoxy groups -OCH3 is 1. The molecule has 1 unspecified atom stereocenters. The molecule has 1 N–H and O–H groups in total. The van der Waals surface area contributed by atoms with Crippen LogP contribution < -0.4 is 9.47 Å². The van der Waals surface area contributed by atoms with Crippen molar-refractivity contribution in [1.82, 2.24) is 4.90 Å². The molecule has 1 atom stereocenters. The summed E-state index contributed by atoms with van der Waals surface area (Å²) >= 11 is 0. The van der Waals surface area contributed by atoms with E-state index >= 15 is 0 Å². The minimum atomic E-state index is -0.520. The molecule has 1 aliphatic heterocycles. The molecule has 2 aliphatic rings. The number of aliphatic hydroxyl groups is 1. The molecule has 1 heterocycles. The van der Waals surface area contributed by atoms with Gasteiger partial charge in [0.1, 0.15) is 6.10 Å². The van der Waals surface area contributed by atoms with Crippen LogP contribution in [0.5, 0.6) is 11.5 Å². The van der Waals surface area contributed by atoms with Gasteiger partial charge in [0.2, 0.25) is 0 Å². The Morgan fingerprint density at radius 3 is 2.86 bits per heavy atom. The van der Waals surface area contributed by atoms with E-state index < -0.39 is 5.60 Å². The summed E-state index contributed by atoms with van der Waals surface area (Å²) in [5.41, 5.74) is 0.538. The summed E-state index contributed by atoms with van der Waals surface area (Å²) in [7, 11) is 3.80. The monoisotopic (exact) mass is 291 g/mol. The van der Waals surface area contributed by atoms with Gasteiger partial charge in [0.25, 0.3) is 0 Å². The molecule has 0 amide bonds. The van der Waals surface area contributed by atoms with Gasteiger partial charge in [0, 0.05) is 18.5 Å². The zero-order valence-corrected chi connectivity index (χ0v) is 13.0. The van der Waals surface area contributed by atoms with Gasteiger partial charge in [-0.2, -0.15) is 0 Å². The van der Waals surface area contributed by atoms with Gasteiger partial charge in [0.05, 0.1) is 12.7 Å². The molecule has 4 heteroatoms. The van der Waals surface area contributed by atoms with Crippen molar-refractivity contribution in [3.8, 4) is 11.5 Å². The lowest BCUT2D eigenvalue weighted by Gasteiger charge is -2.31. The van der Waals surface area contributed by atoms with Crippen molar-refractivity contribution in [1.29, 1.82) is 0 Å². The van der Waals surface area contributed by atoms with E-state index in [9.17, 15) is 5.11 Å². The van der Waals surface area contributed by atoms with E-state index in [2.05, 4.69) is 11.9 Å². The van der Waals surface area contributed by atoms with Crippen molar-refractivity contribution < 1.29 is 14.6 Å². The zero-order chi connectivity index (χ0) is 14.9. The number of rotatable bonds is 5. The molecular formula is C17H25NO3. The van der Waals surface area contributed by atoms with Gasteiger partial charge in [-0.3, -0.25) is 0 Å². The number of hydrogen-bond donors (Lipinski definition) is 1. The highest BCUT2D eigenvalue weighted by atomic mass is 16.5. The van der Waals surface area contributed by atoms with Crippen molar-refractivity contribution in [2.45, 2.75) is 43.8 Å². The predicted molar refractivity (Wildman–Crippen MR) is 82.0 cm³/mol. The van der Waals surface area contributed by atoms with Crippen molar-refractivity contribution >= 4 is 0 Å². The Morgan fingerprint density at radius 1 is 1.38 bits per heavy atom. The van der Waals surface area contributed by atoms with Gasteiger partial charge in [-0.15, -0.1) is 0 Å². The van der Waals surface area contributed by atoms with Crippen LogP contribution in [0.2, 0.25) is 0 Å². The van der Waals surface area contributed by atoms with Crippen molar-refractivity contribution in [3.05, 3.63) is 23.8 Å². The molecule has 1 saturated carbocycles. The molecule has 116 valence electrons. The predicted octanol–water partition coefficient (Wildman–Crippen LogP) is 2.24. The number of likely N-dealkylation sites (tertiary alicyclic amines) is 1. The van der Waals surface area contributed by atoms with Gasteiger partial charge < -0.3 is 19.5 Å². The summed E-state index contributed by atoms with van der Waals surface area (Å²) < 4.78 is 11.7. The van der Waals surface area contributed by atoms with Crippen LogP contribution in [0.4, 0.5) is 0 Å². The van der Waals surface area contributed by atoms with E-state index in [1.54, 1.807) is 7.11 Å². The third kappa shape index (κ3) is 3.50. The molecule has 1 aromatic carbocycles. The number of benzene rings is 1. The summed E-state index contributed by atoms with van der Waals surface area (Å²) in [5, 5.41) is 10.2. The van der Waals surface area contributed by atoms with Gasteiger partial charge in [-0.05, 0) is 45.3 Å². The highest BCUT2D eigenvalue weighted by molar-refractivity contribution is 5.47. The maximum absolute atomic E-state index is 10.2. The van der Waals surface area contributed by atoms with Crippen LogP contribution in [0, 0.1) is 0 Å². The first-order valence-corrected chi connectivity index (χ1v) is 7.83. The zero-order valence-electron chi connectivity index (χ0n) is 13.0. The average Bonchev–Trinajstić information content (AvgIpc) is 3.18. The average molecular weight is 291 g/mol. The molecule has 0 bridgehead atoms. The molecule has 2 fully saturated rings. The lowest BCUT2D eigenvalue weighted by atomic mass is 10.0. The summed E-state index contributed by atoms with van der Waals surface area (Å²) in [5.74, 6) is 1.59. The minimum Gasteiger partial charge on any atom is -0.493 e. The van der Waals surface area contributed by atoms with Crippen LogP contribution >= 0.6 is 0 Å². The van der Waals surface area contributed by atoms with Crippen LogP contribution in [-0.4, -0.2) is 49.0 Å². The van der Waals surface area contributed by atoms with E-state index in [1.807, 2.05) is 18.2 Å². The molecule has 3 rings (SSSR count). The first kappa shape index (κ1) is 14.7. The summed E-state index contributed by atoms with van der Waals surface area (Å²) in [6.07, 6.45) is 4.86. The quantitative estimate of drug-likeness (QED) is 0.903. The first-order chi connectivity index (χ1) is 10.1. The van der Waals surface area contributed by atoms with Gasteiger partial charge >= 0.3 is 0 Å². The molecule has 0 spiro atoms. The van der Waals surface area contributed by atoms with Crippen LogP contribution in [0.15, 0.2) is 18.2 Å². The highest BCUT2D eigenvalue weighted by Gasteiger charge is 2.41. The summed E-state index contributed by atoms with van der Waals surface area (Å²) in [6.45, 7) is 2.08. The molecule has 0 radical (unpaired) electrons. The van der Waals surface area contributed by atoms with E-state index in [-0.39, 0.29) is 6.10 Å². The third-order valence-electron chi connectivity index (χ3n) is 4.49. The molecule has 1 aliphatic carbocycles. The van der Waals surface area contributed by atoms with E-state index in [0.717, 1.165) is 55.8 Å². The van der Waals surface area contributed by atoms with E-state index in [1.165, 1.54) is 0 Å². The maximum atomic E-state index is 10.2. The third-order valence-corrected chi connectivity index (χ3v) is 4.49. The molecule has 1 saturated heterocycles. The fraction of sp³-hybridized carbons (Fsp3) is 0.647. The second-order valence-corrected chi connectivity index (χ2v) is 6.49. The highest BCUT2D eigenvalue weighted by Crippen LogP contribution is 2.42. The summed E-state index contributed by atoms with van der Waals surface area (Å²) in [6, 6.07) is 5.95. The Balaban J connectivity index is 1.80. The second kappa shape index (κ2) is 5.85. The van der Waals surface area contributed by atoms with Gasteiger partial charge in [-0.25, -0.2) is 0 Å². The smallest absolute Gasteiger partial charge is 0.164 e. The van der Waals surface area contributed by atoms with Crippen molar-refractivity contribution in [2.75, 3.05) is 27.2 Å². The first-order valence-electron chi connectivity index (χ1n) is 7.83. The number of likely N-dealkylation sites (N-methyl/N-ethyl adjacent to an activating group) is 1. The number of hydrogen-bond acceptors (Lipinski definition) is 4. The van der Waals surface area contributed by atoms with Crippen LogP contribution in [0.1, 0.15) is 31.2 Å². The van der Waals surface area contributed by atoms with Crippen LogP contribution in [0.25, 0.3) is 0 Å².